The molecule has 72 valence electrons. The lowest BCUT2D eigenvalue weighted by Crippen LogP contribution is -2.08. The third-order valence-electron chi connectivity index (χ3n) is 2.07. The zero-order valence-corrected chi connectivity index (χ0v) is 9.07. The van der Waals surface area contributed by atoms with Crippen molar-refractivity contribution in [2.45, 2.75) is 20.4 Å². The van der Waals surface area contributed by atoms with Crippen molar-refractivity contribution in [3.63, 3.8) is 0 Å². The van der Waals surface area contributed by atoms with Crippen molar-refractivity contribution in [3.8, 4) is 0 Å². The van der Waals surface area contributed by atoms with E-state index in [0.29, 0.717) is 5.56 Å². The van der Waals surface area contributed by atoms with Crippen LogP contribution in [0.4, 0.5) is 4.39 Å². The molecular weight excluding hydrogens is 237 g/mol. The number of rotatable bonds is 2. The third kappa shape index (κ3) is 2.07. The molecule has 1 aromatic rings. The number of hydroxylamine groups is 1. The second-order valence-corrected chi connectivity index (χ2v) is 3.71. The summed E-state index contributed by atoms with van der Waals surface area (Å²) in [6, 6.07) is 1.43. The highest BCUT2D eigenvalue weighted by Gasteiger charge is 2.09. The second kappa shape index (κ2) is 4.17. The summed E-state index contributed by atoms with van der Waals surface area (Å²) in [6.45, 7) is 3.84. The number of hydrogen-bond donors (Lipinski definition) is 2. The van der Waals surface area contributed by atoms with Crippen molar-refractivity contribution in [1.82, 2.24) is 5.48 Å². The third-order valence-corrected chi connectivity index (χ3v) is 3.26. The Balaban J connectivity index is 3.24. The van der Waals surface area contributed by atoms with Gasteiger partial charge in [0.25, 0.3) is 0 Å². The maximum Gasteiger partial charge on any atom is 0.127 e. The van der Waals surface area contributed by atoms with Crippen LogP contribution in [0.3, 0.4) is 0 Å². The van der Waals surface area contributed by atoms with Crippen LogP contribution < -0.4 is 5.48 Å². The molecule has 4 heteroatoms. The molecule has 0 fully saturated rings. The van der Waals surface area contributed by atoms with Gasteiger partial charge in [0.1, 0.15) is 5.82 Å². The van der Waals surface area contributed by atoms with E-state index in [1.807, 2.05) is 12.4 Å². The predicted molar refractivity (Wildman–Crippen MR) is 52.2 cm³/mol. The van der Waals surface area contributed by atoms with E-state index >= 15 is 0 Å². The number of halogens is 2. The zero-order valence-electron chi connectivity index (χ0n) is 7.49. The van der Waals surface area contributed by atoms with Crippen LogP contribution in [-0.4, -0.2) is 5.21 Å². The van der Waals surface area contributed by atoms with Crippen molar-refractivity contribution in [1.29, 1.82) is 0 Å². The first kappa shape index (κ1) is 10.6. The Morgan fingerprint density at radius 1 is 1.46 bits per heavy atom. The fraction of sp³-hybridized carbons (Fsp3) is 0.333. The van der Waals surface area contributed by atoms with E-state index in [4.69, 9.17) is 5.21 Å². The molecular formula is C9H11BrFNO. The molecule has 0 radical (unpaired) electrons. The molecule has 2 N–H and O–H groups in total. The highest BCUT2D eigenvalue weighted by molar-refractivity contribution is 9.10. The summed E-state index contributed by atoms with van der Waals surface area (Å²) in [7, 11) is 0. The van der Waals surface area contributed by atoms with Crippen LogP contribution in [0, 0.1) is 19.7 Å². The summed E-state index contributed by atoms with van der Waals surface area (Å²) in [6.07, 6.45) is 0. The Morgan fingerprint density at radius 2 is 2.08 bits per heavy atom. The van der Waals surface area contributed by atoms with Gasteiger partial charge < -0.3 is 5.21 Å². The quantitative estimate of drug-likeness (QED) is 0.788. The molecule has 13 heavy (non-hydrogen) atoms. The molecule has 1 aromatic carbocycles. The first-order valence-corrected chi connectivity index (χ1v) is 4.68. The van der Waals surface area contributed by atoms with Crippen molar-refractivity contribution in [3.05, 3.63) is 33.0 Å². The molecule has 2 nitrogen and oxygen atoms in total. The van der Waals surface area contributed by atoms with Crippen LogP contribution in [0.2, 0.25) is 0 Å². The lowest BCUT2D eigenvalue weighted by molar-refractivity contribution is 0.161. The minimum Gasteiger partial charge on any atom is -0.316 e. The Kier molecular flexibility index (Phi) is 3.41. The minimum atomic E-state index is -0.261. The SMILES string of the molecule is Cc1c(F)cc(CNO)c(C)c1Br. The van der Waals surface area contributed by atoms with E-state index in [1.165, 1.54) is 6.07 Å². The van der Waals surface area contributed by atoms with Gasteiger partial charge in [0.15, 0.2) is 0 Å². The molecule has 0 aliphatic carbocycles. The van der Waals surface area contributed by atoms with E-state index in [-0.39, 0.29) is 12.4 Å². The van der Waals surface area contributed by atoms with Crippen LogP contribution in [0.15, 0.2) is 10.5 Å². The zero-order chi connectivity index (χ0) is 10.0. The molecule has 0 unspecified atom stereocenters. The van der Waals surface area contributed by atoms with Gasteiger partial charge in [0.05, 0.1) is 0 Å². The van der Waals surface area contributed by atoms with E-state index < -0.39 is 0 Å². The summed E-state index contributed by atoms with van der Waals surface area (Å²) in [4.78, 5) is 0. The van der Waals surface area contributed by atoms with E-state index in [0.717, 1.165) is 15.6 Å². The molecule has 0 atom stereocenters. The van der Waals surface area contributed by atoms with E-state index in [2.05, 4.69) is 15.9 Å². The summed E-state index contributed by atoms with van der Waals surface area (Å²) in [5, 5.41) is 8.51. The highest BCUT2D eigenvalue weighted by atomic mass is 79.9. The van der Waals surface area contributed by atoms with Crippen LogP contribution in [0.1, 0.15) is 16.7 Å². The second-order valence-electron chi connectivity index (χ2n) is 2.92. The van der Waals surface area contributed by atoms with Gasteiger partial charge in [0, 0.05) is 11.0 Å². The highest BCUT2D eigenvalue weighted by Crippen LogP contribution is 2.26. The lowest BCUT2D eigenvalue weighted by atomic mass is 10.1. The molecule has 0 amide bonds. The van der Waals surface area contributed by atoms with Crippen molar-refractivity contribution in [2.75, 3.05) is 0 Å². The molecule has 0 spiro atoms. The molecule has 0 aromatic heterocycles. The smallest absolute Gasteiger partial charge is 0.127 e. The van der Waals surface area contributed by atoms with E-state index in [1.54, 1.807) is 6.92 Å². The molecule has 0 bridgehead atoms. The van der Waals surface area contributed by atoms with Crippen molar-refractivity contribution >= 4 is 15.9 Å². The van der Waals surface area contributed by atoms with Crippen molar-refractivity contribution in [2.24, 2.45) is 0 Å². The van der Waals surface area contributed by atoms with Gasteiger partial charge in [-0.2, -0.15) is 0 Å². The molecule has 0 saturated carbocycles. The van der Waals surface area contributed by atoms with Gasteiger partial charge in [-0.05, 0) is 36.6 Å². The Bertz CT molecular complexity index is 328. The molecule has 0 aliphatic heterocycles. The fourth-order valence-corrected chi connectivity index (χ4v) is 1.61. The molecule has 1 rings (SSSR count). The Morgan fingerprint density at radius 3 is 2.62 bits per heavy atom. The molecule has 0 saturated heterocycles. The van der Waals surface area contributed by atoms with Gasteiger partial charge in [-0.1, -0.05) is 15.9 Å². The molecule has 0 aliphatic rings. The van der Waals surface area contributed by atoms with Crippen molar-refractivity contribution < 1.29 is 9.60 Å². The predicted octanol–water partition coefficient (Wildman–Crippen LogP) is 2.68. The van der Waals surface area contributed by atoms with Gasteiger partial charge in [-0.15, -0.1) is 0 Å². The first-order valence-electron chi connectivity index (χ1n) is 3.89. The van der Waals surface area contributed by atoms with E-state index in [9.17, 15) is 4.39 Å². The standard InChI is InChI=1S/C9H11BrFNO/c1-5-7(4-12-13)3-8(11)6(2)9(5)10/h3,12-13H,4H2,1-2H3. The largest absolute Gasteiger partial charge is 0.316 e. The maximum absolute atomic E-state index is 13.2. The molecule has 0 heterocycles. The van der Waals surface area contributed by atoms with Gasteiger partial charge in [0.2, 0.25) is 0 Å². The van der Waals surface area contributed by atoms with Crippen LogP contribution in [0.25, 0.3) is 0 Å². The average Bonchev–Trinajstić information content (AvgIpc) is 2.11. The lowest BCUT2D eigenvalue weighted by Gasteiger charge is -2.10. The van der Waals surface area contributed by atoms with Crippen LogP contribution in [-0.2, 0) is 6.54 Å². The first-order chi connectivity index (χ1) is 6.07. The van der Waals surface area contributed by atoms with Gasteiger partial charge in [-0.25, -0.2) is 9.87 Å². The minimum absolute atomic E-state index is 0.252. The Hall–Kier alpha value is -0.450. The van der Waals surface area contributed by atoms with Gasteiger partial charge in [-0.3, -0.25) is 0 Å². The monoisotopic (exact) mass is 247 g/mol. The van der Waals surface area contributed by atoms with Crippen LogP contribution in [0.5, 0.6) is 0 Å². The number of hydrogen-bond acceptors (Lipinski definition) is 2. The number of nitrogens with one attached hydrogen (secondary N) is 1. The Labute approximate surface area is 84.9 Å². The normalized spacial score (nSPS) is 10.5. The fourth-order valence-electron chi connectivity index (χ4n) is 1.17. The number of benzene rings is 1. The van der Waals surface area contributed by atoms with Gasteiger partial charge >= 0.3 is 0 Å². The summed E-state index contributed by atoms with van der Waals surface area (Å²) < 4.78 is 14.0. The average molecular weight is 248 g/mol. The summed E-state index contributed by atoms with van der Waals surface area (Å²) >= 11 is 3.30. The van der Waals surface area contributed by atoms with Crippen LogP contribution >= 0.6 is 15.9 Å². The maximum atomic E-state index is 13.2. The summed E-state index contributed by atoms with van der Waals surface area (Å²) in [5.41, 5.74) is 4.30. The summed E-state index contributed by atoms with van der Waals surface area (Å²) in [5.74, 6) is -0.261. The topological polar surface area (TPSA) is 32.3 Å².